The Labute approximate surface area is 115 Å². The number of amides is 1. The minimum Gasteiger partial charge on any atom is -0.488 e. The fraction of sp³-hybridized carbons (Fsp3) is 0.438. The van der Waals surface area contributed by atoms with Crippen molar-refractivity contribution in [3.63, 3.8) is 0 Å². The van der Waals surface area contributed by atoms with Crippen molar-refractivity contribution in [1.82, 2.24) is 5.32 Å². The molecule has 0 spiro atoms. The molecular weight excluding hydrogens is 238 g/mol. The van der Waals surface area contributed by atoms with Crippen LogP contribution in [-0.4, -0.2) is 18.1 Å². The number of ether oxygens (including phenoxy) is 1. The molecule has 0 atom stereocenters. The number of hydrogen-bond acceptors (Lipinski definition) is 2. The van der Waals surface area contributed by atoms with Crippen LogP contribution in [0.2, 0.25) is 0 Å². The van der Waals surface area contributed by atoms with Crippen LogP contribution >= 0.6 is 0 Å². The van der Waals surface area contributed by atoms with E-state index in [1.165, 1.54) is 6.08 Å². The van der Waals surface area contributed by atoms with E-state index in [-0.39, 0.29) is 11.5 Å². The summed E-state index contributed by atoms with van der Waals surface area (Å²) in [7, 11) is 0. The summed E-state index contributed by atoms with van der Waals surface area (Å²) in [6.45, 7) is 8.51. The van der Waals surface area contributed by atoms with Crippen LogP contribution in [0, 0.1) is 0 Å². The average molecular weight is 261 g/mol. The molecule has 0 unspecified atom stereocenters. The van der Waals surface area contributed by atoms with Gasteiger partial charge in [-0.15, -0.1) is 0 Å². The van der Waals surface area contributed by atoms with E-state index in [4.69, 9.17) is 4.74 Å². The lowest BCUT2D eigenvalue weighted by atomic mass is 10.1. The molecule has 3 nitrogen and oxygen atoms in total. The number of carbonyl (C=O) groups is 1. The summed E-state index contributed by atoms with van der Waals surface area (Å²) in [5, 5.41) is 2.84. The van der Waals surface area contributed by atoms with Gasteiger partial charge in [0.2, 0.25) is 5.91 Å². The Balaban J connectivity index is 2.61. The van der Waals surface area contributed by atoms with E-state index in [1.54, 1.807) is 6.08 Å². The van der Waals surface area contributed by atoms with Crippen molar-refractivity contribution in [2.24, 2.45) is 0 Å². The Morgan fingerprint density at radius 1 is 1.32 bits per heavy atom. The summed E-state index contributed by atoms with van der Waals surface area (Å²) >= 11 is 0. The maximum atomic E-state index is 11.3. The molecule has 3 heteroatoms. The van der Waals surface area contributed by atoms with Gasteiger partial charge in [-0.2, -0.15) is 0 Å². The molecule has 1 amide bonds. The van der Waals surface area contributed by atoms with Crippen molar-refractivity contribution >= 4 is 5.91 Å². The zero-order valence-corrected chi connectivity index (χ0v) is 12.2. The fourth-order valence-corrected chi connectivity index (χ4v) is 1.67. The van der Waals surface area contributed by atoms with Crippen molar-refractivity contribution in [3.8, 4) is 5.75 Å². The lowest BCUT2D eigenvalue weighted by molar-refractivity contribution is -0.116. The minimum atomic E-state index is -0.218. The van der Waals surface area contributed by atoms with Gasteiger partial charge in [0.15, 0.2) is 0 Å². The molecule has 104 valence electrons. The Morgan fingerprint density at radius 2 is 2.00 bits per heavy atom. The number of rotatable bonds is 5. The molecule has 0 heterocycles. The first-order valence-corrected chi connectivity index (χ1v) is 6.60. The molecule has 1 N–H and O–H groups in total. The predicted molar refractivity (Wildman–Crippen MR) is 78.4 cm³/mol. The predicted octanol–water partition coefficient (Wildman–Crippen LogP) is 3.10. The number of benzene rings is 1. The van der Waals surface area contributed by atoms with Gasteiger partial charge < -0.3 is 10.1 Å². The molecular formula is C16H23NO2. The highest BCUT2D eigenvalue weighted by molar-refractivity contribution is 5.87. The van der Waals surface area contributed by atoms with Gasteiger partial charge in [-0.3, -0.25) is 4.79 Å². The van der Waals surface area contributed by atoms with Crippen molar-refractivity contribution in [3.05, 3.63) is 42.0 Å². The van der Waals surface area contributed by atoms with Crippen LogP contribution in [0.3, 0.4) is 0 Å². The zero-order chi connectivity index (χ0) is 14.3. The van der Waals surface area contributed by atoms with E-state index in [9.17, 15) is 4.79 Å². The molecule has 1 rings (SSSR count). The Morgan fingerprint density at radius 3 is 2.63 bits per heavy atom. The van der Waals surface area contributed by atoms with Crippen molar-refractivity contribution in [2.45, 2.75) is 39.7 Å². The minimum absolute atomic E-state index is 0.0586. The van der Waals surface area contributed by atoms with Gasteiger partial charge in [0.1, 0.15) is 11.4 Å². The van der Waals surface area contributed by atoms with Crippen LogP contribution in [-0.2, 0) is 11.2 Å². The van der Waals surface area contributed by atoms with E-state index in [2.05, 4.69) is 5.32 Å². The molecule has 0 aliphatic rings. The SMILES string of the molecule is C/C=C/C(=O)NCCc1ccccc1OC(C)(C)C. The third-order valence-corrected chi connectivity index (χ3v) is 2.40. The van der Waals surface area contributed by atoms with E-state index >= 15 is 0 Å². The molecule has 0 aliphatic heterocycles. The summed E-state index contributed by atoms with van der Waals surface area (Å²) in [6, 6.07) is 7.94. The average Bonchev–Trinajstić information content (AvgIpc) is 2.30. The van der Waals surface area contributed by atoms with E-state index in [0.29, 0.717) is 6.54 Å². The van der Waals surface area contributed by atoms with Crippen LogP contribution in [0.4, 0.5) is 0 Å². The fourth-order valence-electron chi connectivity index (χ4n) is 1.67. The zero-order valence-electron chi connectivity index (χ0n) is 12.2. The van der Waals surface area contributed by atoms with Crippen molar-refractivity contribution in [1.29, 1.82) is 0 Å². The third-order valence-electron chi connectivity index (χ3n) is 2.40. The van der Waals surface area contributed by atoms with E-state index < -0.39 is 0 Å². The van der Waals surface area contributed by atoms with Gasteiger partial charge in [-0.05, 0) is 51.8 Å². The summed E-state index contributed by atoms with van der Waals surface area (Å²) < 4.78 is 5.91. The molecule has 0 fully saturated rings. The lowest BCUT2D eigenvalue weighted by Gasteiger charge is -2.23. The van der Waals surface area contributed by atoms with Gasteiger partial charge >= 0.3 is 0 Å². The highest BCUT2D eigenvalue weighted by atomic mass is 16.5. The first-order chi connectivity index (χ1) is 8.92. The van der Waals surface area contributed by atoms with Crippen LogP contribution in [0.25, 0.3) is 0 Å². The normalized spacial score (nSPS) is 11.6. The largest absolute Gasteiger partial charge is 0.488 e. The molecule has 0 bridgehead atoms. The topological polar surface area (TPSA) is 38.3 Å². The second-order valence-corrected chi connectivity index (χ2v) is 5.36. The molecule has 0 saturated carbocycles. The summed E-state index contributed by atoms with van der Waals surface area (Å²) in [5.41, 5.74) is 0.891. The van der Waals surface area contributed by atoms with Crippen LogP contribution in [0.15, 0.2) is 36.4 Å². The van der Waals surface area contributed by atoms with E-state index in [1.807, 2.05) is 52.0 Å². The third kappa shape index (κ3) is 6.09. The van der Waals surface area contributed by atoms with Crippen LogP contribution in [0.5, 0.6) is 5.75 Å². The molecule has 0 aromatic heterocycles. The maximum absolute atomic E-state index is 11.3. The molecule has 0 saturated heterocycles. The summed E-state index contributed by atoms with van der Waals surface area (Å²) in [6.07, 6.45) is 4.01. The van der Waals surface area contributed by atoms with Gasteiger partial charge in [0, 0.05) is 6.54 Å². The first kappa shape index (κ1) is 15.3. The van der Waals surface area contributed by atoms with Gasteiger partial charge in [0.25, 0.3) is 0 Å². The Bertz CT molecular complexity index is 444. The van der Waals surface area contributed by atoms with Gasteiger partial charge in [0.05, 0.1) is 0 Å². The van der Waals surface area contributed by atoms with E-state index in [0.717, 1.165) is 17.7 Å². The van der Waals surface area contributed by atoms with Crippen molar-refractivity contribution in [2.75, 3.05) is 6.54 Å². The lowest BCUT2D eigenvalue weighted by Crippen LogP contribution is -2.25. The second kappa shape index (κ2) is 6.98. The van der Waals surface area contributed by atoms with Gasteiger partial charge in [-0.1, -0.05) is 24.3 Å². The number of hydrogen-bond donors (Lipinski definition) is 1. The second-order valence-electron chi connectivity index (χ2n) is 5.36. The monoisotopic (exact) mass is 261 g/mol. The van der Waals surface area contributed by atoms with Gasteiger partial charge in [-0.25, -0.2) is 0 Å². The number of allylic oxidation sites excluding steroid dienone is 1. The maximum Gasteiger partial charge on any atom is 0.243 e. The molecule has 0 aliphatic carbocycles. The highest BCUT2D eigenvalue weighted by Crippen LogP contribution is 2.23. The quantitative estimate of drug-likeness (QED) is 0.827. The Kier molecular flexibility index (Phi) is 5.61. The molecule has 1 aromatic carbocycles. The van der Waals surface area contributed by atoms with Crippen LogP contribution in [0.1, 0.15) is 33.3 Å². The molecule has 0 radical (unpaired) electrons. The van der Waals surface area contributed by atoms with Crippen molar-refractivity contribution < 1.29 is 9.53 Å². The molecule has 19 heavy (non-hydrogen) atoms. The summed E-state index contributed by atoms with van der Waals surface area (Å²) in [5.74, 6) is 0.826. The number of nitrogens with one attached hydrogen (secondary N) is 1. The summed E-state index contributed by atoms with van der Waals surface area (Å²) in [4.78, 5) is 11.3. The smallest absolute Gasteiger partial charge is 0.243 e. The number of carbonyl (C=O) groups excluding carboxylic acids is 1. The molecule has 1 aromatic rings. The van der Waals surface area contributed by atoms with Crippen LogP contribution < -0.4 is 10.1 Å². The first-order valence-electron chi connectivity index (χ1n) is 6.60. The number of para-hydroxylation sites is 1. The standard InChI is InChI=1S/C16H23NO2/c1-5-8-15(18)17-12-11-13-9-6-7-10-14(13)19-16(2,3)4/h5-10H,11-12H2,1-4H3,(H,17,18)/b8-5+. The highest BCUT2D eigenvalue weighted by Gasteiger charge is 2.14. The Hall–Kier alpha value is -1.77.